The Hall–Kier alpha value is -2.27. The van der Waals surface area contributed by atoms with Gasteiger partial charge in [-0.15, -0.1) is 23.7 Å². The van der Waals surface area contributed by atoms with Gasteiger partial charge in [0.2, 0.25) is 0 Å². The third-order valence-electron chi connectivity index (χ3n) is 3.46. The Kier molecular flexibility index (Phi) is 6.23. The van der Waals surface area contributed by atoms with E-state index in [4.69, 9.17) is 0 Å². The molecule has 0 saturated carbocycles. The summed E-state index contributed by atoms with van der Waals surface area (Å²) in [4.78, 5) is 4.26. The van der Waals surface area contributed by atoms with E-state index in [-0.39, 0.29) is 17.4 Å². The van der Waals surface area contributed by atoms with Crippen molar-refractivity contribution >= 4 is 16.5 Å². The van der Waals surface area contributed by atoms with Crippen molar-refractivity contribution in [2.75, 3.05) is 0 Å². The van der Waals surface area contributed by atoms with Crippen LogP contribution in [0.2, 0.25) is 0 Å². The maximum atomic E-state index is 4.26. The molecule has 0 atom stereocenters. The van der Waals surface area contributed by atoms with Crippen LogP contribution in [0.15, 0.2) is 78.9 Å². The van der Waals surface area contributed by atoms with Gasteiger partial charge in [0.15, 0.2) is 0 Å². The zero-order chi connectivity index (χ0) is 15.2. The molecule has 3 aromatic rings. The van der Waals surface area contributed by atoms with E-state index in [1.807, 2.05) is 42.5 Å². The van der Waals surface area contributed by atoms with Gasteiger partial charge in [-0.1, -0.05) is 48.5 Å². The number of aromatic nitrogens is 1. The number of pyridine rings is 1. The minimum absolute atomic E-state index is 0. The van der Waals surface area contributed by atoms with Gasteiger partial charge in [-0.25, -0.2) is 13.0 Å². The summed E-state index contributed by atoms with van der Waals surface area (Å²) in [5, 5.41) is 1.17. The first-order valence-corrected chi connectivity index (χ1v) is 7.33. The Bertz CT molecular complexity index is 819. The summed E-state index contributed by atoms with van der Waals surface area (Å²) in [5.41, 5.74) is 4.42. The van der Waals surface area contributed by atoms with Crippen LogP contribution in [0.3, 0.4) is 0 Å². The molecule has 1 heterocycles. The summed E-state index contributed by atoms with van der Waals surface area (Å²) in [7, 11) is 0. The molecule has 23 heavy (non-hydrogen) atoms. The molecule has 1 aromatic heterocycles. The predicted molar refractivity (Wildman–Crippen MR) is 93.1 cm³/mol. The molecule has 0 unspecified atom stereocenters. The second-order valence-corrected chi connectivity index (χ2v) is 5.07. The van der Waals surface area contributed by atoms with Crippen molar-refractivity contribution in [3.05, 3.63) is 103 Å². The molecule has 1 aliphatic rings. The van der Waals surface area contributed by atoms with Gasteiger partial charge in [-0.05, 0) is 11.5 Å². The number of fused-ring (bicyclic) bond motifs is 1. The van der Waals surface area contributed by atoms with Crippen LogP contribution in [0.25, 0.3) is 16.5 Å². The summed E-state index contributed by atoms with van der Waals surface area (Å²) in [6, 6.07) is 22.4. The van der Waals surface area contributed by atoms with Crippen LogP contribution in [0.1, 0.15) is 17.7 Å². The first-order valence-electron chi connectivity index (χ1n) is 7.33. The number of allylic oxidation sites excluding steroid dienone is 4. The molecule has 0 bridgehead atoms. The molecule has 0 radical (unpaired) electrons. The third kappa shape index (κ3) is 4.60. The van der Waals surface area contributed by atoms with Crippen LogP contribution in [0.5, 0.6) is 0 Å². The van der Waals surface area contributed by atoms with Gasteiger partial charge in [0.1, 0.15) is 0 Å². The standard InChI is InChI=1S/C11H9.C10H8N.Cr/c1-2-6-10(7-3-1)11-8-4-5-9-11;1-8-6-7-9-4-2-3-5-10(9)11-8;/h1-3,6-9H,4H2;2-7H,1H2;/q2*-1;+2. The van der Waals surface area contributed by atoms with E-state index in [1.165, 1.54) is 16.5 Å². The number of rotatable bonds is 1. The molecule has 0 aliphatic heterocycles. The van der Waals surface area contributed by atoms with E-state index in [0.717, 1.165) is 17.6 Å². The Labute approximate surface area is 148 Å². The van der Waals surface area contributed by atoms with Gasteiger partial charge in [-0.2, -0.15) is 17.7 Å². The van der Waals surface area contributed by atoms with Crippen molar-refractivity contribution in [1.29, 1.82) is 0 Å². The second kappa shape index (κ2) is 8.39. The minimum atomic E-state index is 0. The van der Waals surface area contributed by atoms with Gasteiger partial charge < -0.3 is 0 Å². The average Bonchev–Trinajstić information content (AvgIpc) is 3.11. The maximum Gasteiger partial charge on any atom is 2.00 e. The number of nitrogens with zero attached hydrogens (tertiary/aromatic N) is 1. The molecule has 0 amide bonds. The molecule has 1 aliphatic carbocycles. The van der Waals surface area contributed by atoms with Crippen molar-refractivity contribution in [2.45, 2.75) is 6.42 Å². The van der Waals surface area contributed by atoms with E-state index < -0.39 is 0 Å². The fourth-order valence-electron chi connectivity index (χ4n) is 2.34. The second-order valence-electron chi connectivity index (χ2n) is 5.07. The Morgan fingerprint density at radius 2 is 1.61 bits per heavy atom. The van der Waals surface area contributed by atoms with E-state index >= 15 is 0 Å². The van der Waals surface area contributed by atoms with Crippen LogP contribution < -0.4 is 0 Å². The molecule has 4 rings (SSSR count). The Morgan fingerprint density at radius 3 is 2.35 bits per heavy atom. The molecule has 0 saturated heterocycles. The number of para-hydroxylation sites is 1. The topological polar surface area (TPSA) is 12.9 Å². The van der Waals surface area contributed by atoms with Crippen LogP contribution in [0, 0.1) is 13.0 Å². The molecule has 0 fully saturated rings. The minimum Gasteiger partial charge on any atom is -0.287 e. The first-order chi connectivity index (χ1) is 10.8. The van der Waals surface area contributed by atoms with Gasteiger partial charge in [0.05, 0.1) is 5.52 Å². The molecule has 2 heteroatoms. The van der Waals surface area contributed by atoms with E-state index in [1.54, 1.807) is 0 Å². The summed E-state index contributed by atoms with van der Waals surface area (Å²) in [6.45, 7) is 3.76. The SMILES string of the molecule is [C-]1=CC(c2ccccc2)=CC1.[CH2-]c1ccc2ccccc2n1.[Cr+2]. The molecule has 0 N–H and O–H groups in total. The predicted octanol–water partition coefficient (Wildman–Crippen LogP) is 5.25. The van der Waals surface area contributed by atoms with Crippen LogP contribution in [-0.2, 0) is 17.4 Å². The molecule has 2 aromatic carbocycles. The monoisotopic (exact) mass is 335 g/mol. The Morgan fingerprint density at radius 1 is 0.870 bits per heavy atom. The maximum absolute atomic E-state index is 4.26. The number of benzene rings is 2. The van der Waals surface area contributed by atoms with E-state index in [9.17, 15) is 0 Å². The van der Waals surface area contributed by atoms with Crippen LogP contribution in [0.4, 0.5) is 0 Å². The number of hydrogen-bond acceptors (Lipinski definition) is 1. The average molecular weight is 335 g/mol. The quantitative estimate of drug-likeness (QED) is 0.554. The van der Waals surface area contributed by atoms with Crippen molar-refractivity contribution in [2.24, 2.45) is 0 Å². The van der Waals surface area contributed by atoms with Crippen molar-refractivity contribution < 1.29 is 17.4 Å². The molecular formula is C21H17CrN. The van der Waals surface area contributed by atoms with Crippen molar-refractivity contribution in [1.82, 2.24) is 4.98 Å². The van der Waals surface area contributed by atoms with Gasteiger partial charge in [0.25, 0.3) is 0 Å². The zero-order valence-corrected chi connectivity index (χ0v) is 14.1. The van der Waals surface area contributed by atoms with E-state index in [2.05, 4.69) is 54.4 Å². The van der Waals surface area contributed by atoms with E-state index in [0.29, 0.717) is 0 Å². The summed E-state index contributed by atoms with van der Waals surface area (Å²) < 4.78 is 0. The van der Waals surface area contributed by atoms with Crippen LogP contribution in [-0.4, -0.2) is 4.98 Å². The van der Waals surface area contributed by atoms with Crippen molar-refractivity contribution in [3.63, 3.8) is 0 Å². The third-order valence-corrected chi connectivity index (χ3v) is 3.46. The summed E-state index contributed by atoms with van der Waals surface area (Å²) in [6.07, 6.45) is 8.36. The smallest absolute Gasteiger partial charge is 0.287 e. The summed E-state index contributed by atoms with van der Waals surface area (Å²) in [5.74, 6) is 0. The van der Waals surface area contributed by atoms with Gasteiger partial charge in [-0.3, -0.25) is 11.1 Å². The fraction of sp³-hybridized carbons (Fsp3) is 0.0476. The zero-order valence-electron chi connectivity index (χ0n) is 12.8. The van der Waals surface area contributed by atoms with Crippen LogP contribution >= 0.6 is 0 Å². The van der Waals surface area contributed by atoms with Crippen molar-refractivity contribution in [3.8, 4) is 0 Å². The largest absolute Gasteiger partial charge is 2.00 e. The Balaban J connectivity index is 0.000000160. The molecule has 112 valence electrons. The number of hydrogen-bond donors (Lipinski definition) is 0. The molecular weight excluding hydrogens is 318 g/mol. The molecule has 0 spiro atoms. The summed E-state index contributed by atoms with van der Waals surface area (Å²) >= 11 is 0. The first kappa shape index (κ1) is 17.1. The van der Waals surface area contributed by atoms with Gasteiger partial charge in [0, 0.05) is 0 Å². The van der Waals surface area contributed by atoms with Gasteiger partial charge >= 0.3 is 17.4 Å². The normalized spacial score (nSPS) is 12.1. The fourth-order valence-corrected chi connectivity index (χ4v) is 2.34. The molecule has 1 nitrogen and oxygen atoms in total.